The van der Waals surface area contributed by atoms with E-state index in [-0.39, 0.29) is 18.0 Å². The number of terminal acetylenes is 1. The molecule has 0 unspecified atom stereocenters. The van der Waals surface area contributed by atoms with Crippen molar-refractivity contribution in [2.45, 2.75) is 23.1 Å². The Hall–Kier alpha value is -1.43. The fraction of sp³-hybridized carbons (Fsp3) is 0.385. The third-order valence-corrected chi connectivity index (χ3v) is 5.66. The number of hydrogen-bond donors (Lipinski definition) is 0. The van der Waals surface area contributed by atoms with Gasteiger partial charge in [0.25, 0.3) is 0 Å². The molecule has 21 heavy (non-hydrogen) atoms. The van der Waals surface area contributed by atoms with Crippen molar-refractivity contribution in [3.8, 4) is 12.3 Å². The van der Waals surface area contributed by atoms with E-state index in [1.54, 1.807) is 6.92 Å². The van der Waals surface area contributed by atoms with Gasteiger partial charge in [0, 0.05) is 12.8 Å². The molecule has 0 N–H and O–H groups in total. The molecule has 0 aliphatic carbocycles. The van der Waals surface area contributed by atoms with Crippen LogP contribution in [0.4, 0.5) is 4.39 Å². The first-order valence-corrected chi connectivity index (χ1v) is 9.41. The van der Waals surface area contributed by atoms with Crippen LogP contribution in [0.25, 0.3) is 0 Å². The fourth-order valence-electron chi connectivity index (χ4n) is 1.69. The summed E-state index contributed by atoms with van der Waals surface area (Å²) >= 11 is 0. The maximum Gasteiger partial charge on any atom is 0.246 e. The maximum atomic E-state index is 13.8. The summed E-state index contributed by atoms with van der Waals surface area (Å²) in [6.45, 7) is 1.66. The Morgan fingerprint density at radius 1 is 1.29 bits per heavy atom. The normalized spacial score (nSPS) is 12.3. The lowest BCUT2D eigenvalue weighted by Gasteiger charge is -2.19. The van der Waals surface area contributed by atoms with Crippen LogP contribution in [0, 0.1) is 18.2 Å². The van der Waals surface area contributed by atoms with E-state index in [2.05, 4.69) is 5.92 Å². The van der Waals surface area contributed by atoms with Crippen molar-refractivity contribution in [2.24, 2.45) is 0 Å². The van der Waals surface area contributed by atoms with E-state index in [9.17, 15) is 21.2 Å². The zero-order chi connectivity index (χ0) is 16.3. The van der Waals surface area contributed by atoms with Crippen molar-refractivity contribution >= 4 is 19.9 Å². The third kappa shape index (κ3) is 4.03. The fourth-order valence-corrected chi connectivity index (χ4v) is 3.94. The summed E-state index contributed by atoms with van der Waals surface area (Å²) in [5.74, 6) is 1.19. The second kappa shape index (κ2) is 6.56. The summed E-state index contributed by atoms with van der Waals surface area (Å²) in [7, 11) is -7.83. The first-order chi connectivity index (χ1) is 9.64. The lowest BCUT2D eigenvalue weighted by molar-refractivity contribution is 0.440. The average molecular weight is 333 g/mol. The molecule has 5 nitrogen and oxygen atoms in total. The van der Waals surface area contributed by atoms with Crippen molar-refractivity contribution in [1.29, 1.82) is 0 Å². The van der Waals surface area contributed by atoms with Gasteiger partial charge in [-0.15, -0.1) is 6.42 Å². The molecule has 0 radical (unpaired) electrons. The molecule has 0 saturated heterocycles. The summed E-state index contributed by atoms with van der Waals surface area (Å²) in [6.07, 6.45) is 6.54. The lowest BCUT2D eigenvalue weighted by Crippen LogP contribution is -2.33. The lowest BCUT2D eigenvalue weighted by atomic mass is 10.3. The summed E-state index contributed by atoms with van der Waals surface area (Å²) in [6, 6.07) is 2.66. The van der Waals surface area contributed by atoms with Crippen LogP contribution in [0.2, 0.25) is 0 Å². The first-order valence-electron chi connectivity index (χ1n) is 6.07. The molecule has 0 bridgehead atoms. The van der Waals surface area contributed by atoms with Crippen LogP contribution in [-0.4, -0.2) is 40.5 Å². The minimum absolute atomic E-state index is 0.120. The van der Waals surface area contributed by atoms with Gasteiger partial charge < -0.3 is 0 Å². The predicted octanol–water partition coefficient (Wildman–Crippen LogP) is 1.26. The maximum absolute atomic E-state index is 13.8. The van der Waals surface area contributed by atoms with Gasteiger partial charge in [0.2, 0.25) is 10.0 Å². The van der Waals surface area contributed by atoms with E-state index in [0.29, 0.717) is 6.42 Å². The molecule has 1 aromatic carbocycles. The standard InChI is InChI=1S/C13H16FNO4S2/c1-4-8-15(9-5-2)21(18,19)13-10-11(20(3,16)17)6-7-12(13)14/h1,6-7,10H,5,8-9H2,2-3H3. The van der Waals surface area contributed by atoms with E-state index in [4.69, 9.17) is 6.42 Å². The highest BCUT2D eigenvalue weighted by Crippen LogP contribution is 2.23. The van der Waals surface area contributed by atoms with Crippen LogP contribution in [-0.2, 0) is 19.9 Å². The van der Waals surface area contributed by atoms with Crippen molar-refractivity contribution in [1.82, 2.24) is 4.31 Å². The Balaban J connectivity index is 3.47. The topological polar surface area (TPSA) is 71.5 Å². The molecule has 0 heterocycles. The van der Waals surface area contributed by atoms with Gasteiger partial charge in [0.05, 0.1) is 11.4 Å². The molecule has 0 saturated carbocycles. The van der Waals surface area contributed by atoms with Gasteiger partial charge in [-0.3, -0.25) is 0 Å². The van der Waals surface area contributed by atoms with Gasteiger partial charge in [0.1, 0.15) is 10.7 Å². The van der Waals surface area contributed by atoms with Gasteiger partial charge >= 0.3 is 0 Å². The predicted molar refractivity (Wildman–Crippen MR) is 77.4 cm³/mol. The van der Waals surface area contributed by atoms with Crippen molar-refractivity contribution < 1.29 is 21.2 Å². The molecule has 0 aromatic heterocycles. The number of sulfone groups is 1. The highest BCUT2D eigenvalue weighted by Gasteiger charge is 2.27. The number of rotatable bonds is 6. The molecule has 1 aromatic rings. The van der Waals surface area contributed by atoms with Crippen LogP contribution < -0.4 is 0 Å². The van der Waals surface area contributed by atoms with Gasteiger partial charge in [-0.25, -0.2) is 21.2 Å². The Labute approximate surface area is 124 Å². The minimum Gasteiger partial charge on any atom is -0.224 e. The van der Waals surface area contributed by atoms with Gasteiger partial charge in [-0.1, -0.05) is 12.8 Å². The monoisotopic (exact) mass is 333 g/mol. The number of benzene rings is 1. The number of halogens is 1. The first kappa shape index (κ1) is 17.6. The Kier molecular flexibility index (Phi) is 5.50. The molecular formula is C13H16FNO4S2. The van der Waals surface area contributed by atoms with E-state index in [1.807, 2.05) is 0 Å². The molecule has 0 amide bonds. The summed E-state index contributed by atoms with van der Waals surface area (Å²) in [5.41, 5.74) is 0. The van der Waals surface area contributed by atoms with E-state index < -0.39 is 30.6 Å². The van der Waals surface area contributed by atoms with Crippen LogP contribution >= 0.6 is 0 Å². The Morgan fingerprint density at radius 3 is 2.38 bits per heavy atom. The van der Waals surface area contributed by atoms with Crippen molar-refractivity contribution in [2.75, 3.05) is 19.3 Å². The summed E-state index contributed by atoms with van der Waals surface area (Å²) < 4.78 is 62.6. The van der Waals surface area contributed by atoms with E-state index >= 15 is 0 Å². The summed E-state index contributed by atoms with van der Waals surface area (Å²) in [4.78, 5) is -0.950. The van der Waals surface area contributed by atoms with Crippen LogP contribution in [0.3, 0.4) is 0 Å². The zero-order valence-corrected chi connectivity index (χ0v) is 13.3. The molecule has 0 spiro atoms. The number of hydrogen-bond acceptors (Lipinski definition) is 4. The second-order valence-electron chi connectivity index (χ2n) is 4.41. The second-order valence-corrected chi connectivity index (χ2v) is 8.33. The molecule has 116 valence electrons. The molecule has 1 rings (SSSR count). The molecule has 0 aliphatic heterocycles. The smallest absolute Gasteiger partial charge is 0.224 e. The van der Waals surface area contributed by atoms with Crippen LogP contribution in [0.1, 0.15) is 13.3 Å². The highest BCUT2D eigenvalue weighted by atomic mass is 32.2. The van der Waals surface area contributed by atoms with E-state index in [1.165, 1.54) is 0 Å². The third-order valence-electron chi connectivity index (χ3n) is 2.69. The highest BCUT2D eigenvalue weighted by molar-refractivity contribution is 7.91. The number of nitrogens with zero attached hydrogens (tertiary/aromatic N) is 1. The molecular weight excluding hydrogens is 317 g/mol. The molecule has 0 fully saturated rings. The summed E-state index contributed by atoms with van der Waals surface area (Å²) in [5, 5.41) is 0. The Morgan fingerprint density at radius 2 is 1.90 bits per heavy atom. The van der Waals surface area contributed by atoms with Gasteiger partial charge in [-0.05, 0) is 24.6 Å². The average Bonchev–Trinajstić information content (AvgIpc) is 2.37. The largest absolute Gasteiger partial charge is 0.246 e. The van der Waals surface area contributed by atoms with Gasteiger partial charge in [-0.2, -0.15) is 4.31 Å². The quantitative estimate of drug-likeness (QED) is 0.580. The number of sulfonamides is 1. The Bertz CT molecular complexity index is 764. The van der Waals surface area contributed by atoms with Gasteiger partial charge in [0.15, 0.2) is 9.84 Å². The van der Waals surface area contributed by atoms with Crippen molar-refractivity contribution in [3.63, 3.8) is 0 Å². The molecule has 8 heteroatoms. The van der Waals surface area contributed by atoms with Crippen molar-refractivity contribution in [3.05, 3.63) is 24.0 Å². The molecule has 0 aliphatic rings. The molecule has 0 atom stereocenters. The SMILES string of the molecule is C#CCN(CCC)S(=O)(=O)c1cc(S(C)(=O)=O)ccc1F. The zero-order valence-electron chi connectivity index (χ0n) is 11.7. The van der Waals surface area contributed by atoms with E-state index in [0.717, 1.165) is 28.8 Å². The minimum atomic E-state index is -4.19. The van der Waals surface area contributed by atoms with Crippen LogP contribution in [0.15, 0.2) is 28.0 Å². The van der Waals surface area contributed by atoms with Crippen LogP contribution in [0.5, 0.6) is 0 Å².